The van der Waals surface area contributed by atoms with Crippen molar-refractivity contribution in [1.29, 1.82) is 0 Å². The Hall–Kier alpha value is -3.96. The predicted molar refractivity (Wildman–Crippen MR) is 117 cm³/mol. The number of nitrogens with one attached hydrogen (secondary N) is 1. The first-order valence-electron chi connectivity index (χ1n) is 9.31. The molecule has 0 saturated carbocycles. The SMILES string of the molecule is COc1ccc(-c2ccn3nc(C(=O)Nc4ccc(S(N)(=O)=O)cc4)cc3n2)cc1OC. The van der Waals surface area contributed by atoms with Crippen molar-refractivity contribution in [2.75, 3.05) is 19.5 Å². The van der Waals surface area contributed by atoms with Gasteiger partial charge in [0, 0.05) is 23.5 Å². The number of anilines is 1. The number of ether oxygens (including phenoxy) is 2. The highest BCUT2D eigenvalue weighted by Gasteiger charge is 2.14. The number of hydrogen-bond donors (Lipinski definition) is 2. The van der Waals surface area contributed by atoms with E-state index < -0.39 is 15.9 Å². The molecule has 2 aromatic carbocycles. The molecule has 0 aliphatic heterocycles. The van der Waals surface area contributed by atoms with E-state index in [1.165, 1.54) is 28.8 Å². The number of aromatic nitrogens is 3. The van der Waals surface area contributed by atoms with Gasteiger partial charge in [0.2, 0.25) is 10.0 Å². The standard InChI is InChI=1S/C21H19N5O5S/c1-30-18-8-3-13(11-19(18)31-2)16-9-10-26-20(24-16)12-17(25-26)21(27)23-14-4-6-15(7-5-14)32(22,28)29/h3-12H,1-2H3,(H,23,27)(H2,22,28,29). The zero-order valence-electron chi connectivity index (χ0n) is 17.1. The molecular formula is C21H19N5O5S. The molecule has 0 unspecified atom stereocenters. The second-order valence-electron chi connectivity index (χ2n) is 6.74. The van der Waals surface area contributed by atoms with Crippen LogP contribution in [0.5, 0.6) is 11.5 Å². The van der Waals surface area contributed by atoms with E-state index in [2.05, 4.69) is 15.4 Å². The number of sulfonamides is 1. The Morgan fingerprint density at radius 3 is 2.38 bits per heavy atom. The quantitative estimate of drug-likeness (QED) is 0.457. The molecule has 0 bridgehead atoms. The molecule has 4 rings (SSSR count). The lowest BCUT2D eigenvalue weighted by molar-refractivity contribution is 0.102. The Balaban J connectivity index is 1.58. The van der Waals surface area contributed by atoms with Gasteiger partial charge in [-0.15, -0.1) is 0 Å². The van der Waals surface area contributed by atoms with Gasteiger partial charge in [-0.3, -0.25) is 4.79 Å². The van der Waals surface area contributed by atoms with Gasteiger partial charge in [-0.05, 0) is 48.5 Å². The van der Waals surface area contributed by atoms with Crippen LogP contribution in [0.15, 0.2) is 65.7 Å². The molecule has 11 heteroatoms. The summed E-state index contributed by atoms with van der Waals surface area (Å²) in [7, 11) is -0.682. The van der Waals surface area contributed by atoms with Crippen molar-refractivity contribution in [2.45, 2.75) is 4.90 Å². The van der Waals surface area contributed by atoms with Gasteiger partial charge in [-0.1, -0.05) is 0 Å². The molecule has 3 N–H and O–H groups in total. The summed E-state index contributed by atoms with van der Waals surface area (Å²) in [6.07, 6.45) is 1.70. The number of nitrogens with two attached hydrogens (primary N) is 1. The van der Waals surface area contributed by atoms with Crippen LogP contribution in [-0.2, 0) is 10.0 Å². The Morgan fingerprint density at radius 2 is 1.72 bits per heavy atom. The van der Waals surface area contributed by atoms with Crippen LogP contribution in [0.4, 0.5) is 5.69 Å². The third-order valence-corrected chi connectivity index (χ3v) is 5.61. The molecule has 1 amide bonds. The van der Waals surface area contributed by atoms with Crippen LogP contribution in [-0.4, -0.2) is 43.1 Å². The second kappa shape index (κ2) is 8.29. The minimum absolute atomic E-state index is 0.0462. The maximum Gasteiger partial charge on any atom is 0.276 e. The highest BCUT2D eigenvalue weighted by atomic mass is 32.2. The number of carbonyl (C=O) groups excluding carboxylic acids is 1. The van der Waals surface area contributed by atoms with Gasteiger partial charge in [0.15, 0.2) is 22.8 Å². The first-order chi connectivity index (χ1) is 15.3. The van der Waals surface area contributed by atoms with Gasteiger partial charge in [0.05, 0.1) is 24.8 Å². The smallest absolute Gasteiger partial charge is 0.276 e. The molecule has 0 aliphatic rings. The van der Waals surface area contributed by atoms with Gasteiger partial charge in [0.25, 0.3) is 5.91 Å². The van der Waals surface area contributed by atoms with Gasteiger partial charge in [-0.2, -0.15) is 5.10 Å². The van der Waals surface area contributed by atoms with Crippen molar-refractivity contribution in [2.24, 2.45) is 5.14 Å². The van der Waals surface area contributed by atoms with Crippen LogP contribution in [0.25, 0.3) is 16.9 Å². The summed E-state index contributed by atoms with van der Waals surface area (Å²) >= 11 is 0. The van der Waals surface area contributed by atoms with Crippen LogP contribution in [0, 0.1) is 0 Å². The van der Waals surface area contributed by atoms with Crippen LogP contribution >= 0.6 is 0 Å². The average molecular weight is 453 g/mol. The molecule has 2 heterocycles. The summed E-state index contributed by atoms with van der Waals surface area (Å²) in [5.41, 5.74) is 2.51. The average Bonchev–Trinajstić information content (AvgIpc) is 3.22. The largest absolute Gasteiger partial charge is 0.493 e. The van der Waals surface area contributed by atoms with Gasteiger partial charge in [-0.25, -0.2) is 23.1 Å². The number of amides is 1. The summed E-state index contributed by atoms with van der Waals surface area (Å²) in [6, 6.07) is 14.3. The molecule has 0 saturated heterocycles. The summed E-state index contributed by atoms with van der Waals surface area (Å²) in [6.45, 7) is 0. The zero-order valence-corrected chi connectivity index (χ0v) is 18.0. The van der Waals surface area contributed by atoms with E-state index in [0.717, 1.165) is 5.56 Å². The van der Waals surface area contributed by atoms with E-state index in [4.69, 9.17) is 14.6 Å². The number of hydrogen-bond acceptors (Lipinski definition) is 7. The highest BCUT2D eigenvalue weighted by Crippen LogP contribution is 2.31. The van der Waals surface area contributed by atoms with Crippen molar-refractivity contribution in [3.8, 4) is 22.8 Å². The summed E-state index contributed by atoms with van der Waals surface area (Å²) in [4.78, 5) is 17.1. The van der Waals surface area contributed by atoms with E-state index in [9.17, 15) is 13.2 Å². The Labute approximate surface area is 183 Å². The molecule has 0 aliphatic carbocycles. The van der Waals surface area contributed by atoms with Gasteiger partial charge in [0.1, 0.15) is 0 Å². The number of primary sulfonamides is 1. The molecule has 164 valence electrons. The number of benzene rings is 2. The number of carbonyl (C=O) groups is 1. The van der Waals surface area contributed by atoms with Crippen molar-refractivity contribution >= 4 is 27.3 Å². The lowest BCUT2D eigenvalue weighted by Gasteiger charge is -2.09. The van der Waals surface area contributed by atoms with Crippen molar-refractivity contribution < 1.29 is 22.7 Å². The van der Waals surface area contributed by atoms with E-state index in [1.807, 2.05) is 12.1 Å². The highest BCUT2D eigenvalue weighted by molar-refractivity contribution is 7.89. The summed E-state index contributed by atoms with van der Waals surface area (Å²) in [5, 5.41) is 12.0. The summed E-state index contributed by atoms with van der Waals surface area (Å²) in [5.74, 6) is 0.720. The molecule has 32 heavy (non-hydrogen) atoms. The molecule has 2 aromatic heterocycles. The monoisotopic (exact) mass is 453 g/mol. The van der Waals surface area contributed by atoms with Crippen LogP contribution in [0.2, 0.25) is 0 Å². The predicted octanol–water partition coefficient (Wildman–Crippen LogP) is 2.31. The Morgan fingerprint density at radius 1 is 1.00 bits per heavy atom. The number of rotatable bonds is 6. The van der Waals surface area contributed by atoms with Crippen LogP contribution < -0.4 is 19.9 Å². The van der Waals surface area contributed by atoms with E-state index >= 15 is 0 Å². The number of nitrogens with zero attached hydrogens (tertiary/aromatic N) is 3. The molecule has 0 atom stereocenters. The van der Waals surface area contributed by atoms with E-state index in [0.29, 0.717) is 28.5 Å². The third kappa shape index (κ3) is 4.24. The number of fused-ring (bicyclic) bond motifs is 1. The zero-order chi connectivity index (χ0) is 22.9. The molecule has 4 aromatic rings. The van der Waals surface area contributed by atoms with Crippen molar-refractivity contribution in [3.63, 3.8) is 0 Å². The van der Waals surface area contributed by atoms with Crippen molar-refractivity contribution in [1.82, 2.24) is 14.6 Å². The summed E-state index contributed by atoms with van der Waals surface area (Å²) < 4.78 is 34.8. The molecular weight excluding hydrogens is 434 g/mol. The topological polar surface area (TPSA) is 138 Å². The van der Waals surface area contributed by atoms with E-state index in [1.54, 1.807) is 38.6 Å². The van der Waals surface area contributed by atoms with Crippen LogP contribution in [0.1, 0.15) is 10.5 Å². The molecule has 0 spiro atoms. The molecule has 10 nitrogen and oxygen atoms in total. The normalized spacial score (nSPS) is 11.3. The fourth-order valence-corrected chi connectivity index (χ4v) is 3.59. The second-order valence-corrected chi connectivity index (χ2v) is 8.30. The lowest BCUT2D eigenvalue weighted by Crippen LogP contribution is -2.14. The molecule has 0 radical (unpaired) electrons. The fourth-order valence-electron chi connectivity index (χ4n) is 3.07. The Bertz CT molecular complexity index is 1410. The number of methoxy groups -OCH3 is 2. The first-order valence-corrected chi connectivity index (χ1v) is 10.9. The van der Waals surface area contributed by atoms with Crippen molar-refractivity contribution in [3.05, 3.63) is 66.5 Å². The third-order valence-electron chi connectivity index (χ3n) is 4.68. The minimum atomic E-state index is -3.80. The first kappa shape index (κ1) is 21.3. The molecule has 0 fully saturated rings. The minimum Gasteiger partial charge on any atom is -0.493 e. The Kier molecular flexibility index (Phi) is 5.51. The van der Waals surface area contributed by atoms with Gasteiger partial charge < -0.3 is 14.8 Å². The van der Waals surface area contributed by atoms with E-state index in [-0.39, 0.29) is 10.6 Å². The van der Waals surface area contributed by atoms with Crippen LogP contribution in [0.3, 0.4) is 0 Å². The fraction of sp³-hybridized carbons (Fsp3) is 0.0952. The lowest BCUT2D eigenvalue weighted by atomic mass is 10.1. The maximum absolute atomic E-state index is 12.6. The maximum atomic E-state index is 12.6. The van der Waals surface area contributed by atoms with Gasteiger partial charge >= 0.3 is 0 Å².